The Morgan fingerprint density at radius 3 is 2.56 bits per heavy atom. The standard InChI is InChI=1S/C28H28BrN3O6S/c1-5-7-20-23(27(35)38-6-2)24(17-10-8-16(9-11-17)15(3)4)31-26(34)22(39-28(31)30-20)13-18-12-19(29)14-21(25(18)33)32(36)37/h8-15,24,33H,5-7H2,1-4H3/b22-13-/t24-/m1/s1. The summed E-state index contributed by atoms with van der Waals surface area (Å²) in [7, 11) is 0. The molecule has 204 valence electrons. The smallest absolute Gasteiger partial charge is 0.338 e. The lowest BCUT2D eigenvalue weighted by atomic mass is 9.92. The van der Waals surface area contributed by atoms with Crippen LogP contribution in [0.4, 0.5) is 5.69 Å². The summed E-state index contributed by atoms with van der Waals surface area (Å²) < 4.78 is 7.47. The van der Waals surface area contributed by atoms with Gasteiger partial charge in [-0.05, 0) is 42.5 Å². The van der Waals surface area contributed by atoms with Crippen LogP contribution in [-0.4, -0.2) is 27.2 Å². The summed E-state index contributed by atoms with van der Waals surface area (Å²) >= 11 is 4.33. The van der Waals surface area contributed by atoms with Gasteiger partial charge in [0.25, 0.3) is 5.56 Å². The Labute approximate surface area is 237 Å². The number of nitro groups is 1. The normalized spacial score (nSPS) is 15.3. The molecule has 0 saturated heterocycles. The maximum atomic E-state index is 13.9. The van der Waals surface area contributed by atoms with E-state index in [0.29, 0.717) is 32.9 Å². The Bertz CT molecular complexity index is 1650. The van der Waals surface area contributed by atoms with Crippen molar-refractivity contribution < 1.29 is 19.6 Å². The lowest BCUT2D eigenvalue weighted by Gasteiger charge is -2.26. The predicted octanol–water partition coefficient (Wildman–Crippen LogP) is 5.08. The minimum absolute atomic E-state index is 0.109. The van der Waals surface area contributed by atoms with Crippen LogP contribution in [0.25, 0.3) is 6.08 Å². The van der Waals surface area contributed by atoms with Gasteiger partial charge >= 0.3 is 11.7 Å². The topological polar surface area (TPSA) is 124 Å². The van der Waals surface area contributed by atoms with Crippen LogP contribution >= 0.6 is 27.3 Å². The number of hydrogen-bond donors (Lipinski definition) is 1. The van der Waals surface area contributed by atoms with Crippen molar-refractivity contribution in [1.29, 1.82) is 0 Å². The van der Waals surface area contributed by atoms with Gasteiger partial charge in [-0.15, -0.1) is 0 Å². The van der Waals surface area contributed by atoms with E-state index in [1.165, 1.54) is 22.8 Å². The minimum atomic E-state index is -0.768. The second-order valence-corrected chi connectivity index (χ2v) is 11.3. The highest BCUT2D eigenvalue weighted by Crippen LogP contribution is 2.35. The molecule has 1 aromatic heterocycles. The highest BCUT2D eigenvalue weighted by atomic mass is 79.9. The number of benzene rings is 2. The molecule has 1 aliphatic heterocycles. The van der Waals surface area contributed by atoms with E-state index in [1.54, 1.807) is 6.92 Å². The molecule has 11 heteroatoms. The van der Waals surface area contributed by atoms with Gasteiger partial charge < -0.3 is 9.84 Å². The van der Waals surface area contributed by atoms with E-state index >= 15 is 0 Å². The molecule has 0 radical (unpaired) electrons. The van der Waals surface area contributed by atoms with E-state index in [0.717, 1.165) is 28.9 Å². The van der Waals surface area contributed by atoms with Crippen molar-refractivity contribution in [2.75, 3.05) is 6.61 Å². The lowest BCUT2D eigenvalue weighted by Crippen LogP contribution is -2.40. The van der Waals surface area contributed by atoms with Gasteiger partial charge in [-0.25, -0.2) is 9.79 Å². The van der Waals surface area contributed by atoms with Crippen LogP contribution in [0.3, 0.4) is 0 Å². The Morgan fingerprint density at radius 2 is 1.97 bits per heavy atom. The molecule has 39 heavy (non-hydrogen) atoms. The van der Waals surface area contributed by atoms with Crippen molar-refractivity contribution in [3.63, 3.8) is 0 Å². The quantitative estimate of drug-likeness (QED) is 0.215. The van der Waals surface area contributed by atoms with E-state index in [4.69, 9.17) is 9.73 Å². The number of allylic oxidation sites excluding steroid dienone is 1. The Balaban J connectivity index is 2.01. The summed E-state index contributed by atoms with van der Waals surface area (Å²) in [4.78, 5) is 43.0. The summed E-state index contributed by atoms with van der Waals surface area (Å²) in [5.74, 6) is -0.774. The van der Waals surface area contributed by atoms with Crippen molar-refractivity contribution in [2.24, 2.45) is 4.99 Å². The average molecular weight is 615 g/mol. The number of rotatable bonds is 8. The number of phenolic OH excluding ortho intramolecular Hbond substituents is 1. The maximum absolute atomic E-state index is 13.9. The first-order valence-corrected chi connectivity index (χ1v) is 14.2. The van der Waals surface area contributed by atoms with Gasteiger partial charge in [0.2, 0.25) is 5.75 Å². The third kappa shape index (κ3) is 5.60. The molecule has 2 heterocycles. The molecule has 4 rings (SSSR count). The molecule has 0 unspecified atom stereocenters. The van der Waals surface area contributed by atoms with E-state index in [1.807, 2.05) is 31.2 Å². The van der Waals surface area contributed by atoms with Gasteiger partial charge in [-0.3, -0.25) is 19.5 Å². The number of halogens is 1. The molecule has 1 aliphatic rings. The van der Waals surface area contributed by atoms with Gasteiger partial charge in [0, 0.05) is 16.1 Å². The fourth-order valence-electron chi connectivity index (χ4n) is 4.50. The zero-order valence-corrected chi connectivity index (χ0v) is 24.3. The van der Waals surface area contributed by atoms with E-state index < -0.39 is 33.9 Å². The Hall–Kier alpha value is -3.57. The molecule has 0 spiro atoms. The molecule has 0 fully saturated rings. The van der Waals surface area contributed by atoms with E-state index in [2.05, 4.69) is 29.8 Å². The molecule has 1 N–H and O–H groups in total. The van der Waals surface area contributed by atoms with Crippen molar-refractivity contribution in [1.82, 2.24) is 4.57 Å². The average Bonchev–Trinajstić information content (AvgIpc) is 3.19. The Morgan fingerprint density at radius 1 is 1.28 bits per heavy atom. The fraction of sp³-hybridized carbons (Fsp3) is 0.321. The number of aromatic hydroxyl groups is 1. The first kappa shape index (κ1) is 28.4. The van der Waals surface area contributed by atoms with Gasteiger partial charge in [0.05, 0.1) is 33.4 Å². The predicted molar refractivity (Wildman–Crippen MR) is 153 cm³/mol. The largest absolute Gasteiger partial charge is 0.502 e. The van der Waals surface area contributed by atoms with Crippen LogP contribution < -0.4 is 14.9 Å². The molecular weight excluding hydrogens is 586 g/mol. The zero-order chi connectivity index (χ0) is 28.4. The lowest BCUT2D eigenvalue weighted by molar-refractivity contribution is -0.385. The maximum Gasteiger partial charge on any atom is 0.338 e. The summed E-state index contributed by atoms with van der Waals surface area (Å²) in [5, 5.41) is 21.9. The molecule has 0 aliphatic carbocycles. The number of ether oxygens (including phenoxy) is 1. The number of carbonyl (C=O) groups is 1. The van der Waals surface area contributed by atoms with E-state index in [9.17, 15) is 24.8 Å². The molecule has 3 aromatic rings. The summed E-state index contributed by atoms with van der Waals surface area (Å²) in [6.45, 7) is 8.05. The molecule has 1 atom stereocenters. The molecule has 9 nitrogen and oxygen atoms in total. The second kappa shape index (κ2) is 11.7. The Kier molecular flexibility index (Phi) is 8.51. The third-order valence-corrected chi connectivity index (χ3v) is 7.82. The monoisotopic (exact) mass is 613 g/mol. The van der Waals surface area contributed by atoms with Crippen molar-refractivity contribution in [3.05, 3.63) is 98.6 Å². The van der Waals surface area contributed by atoms with Crippen LogP contribution in [0.15, 0.2) is 61.9 Å². The number of nitrogens with zero attached hydrogens (tertiary/aromatic N) is 3. The van der Waals surface area contributed by atoms with Crippen LogP contribution in [0.1, 0.15) is 69.2 Å². The number of carbonyl (C=O) groups excluding carboxylic acids is 1. The first-order valence-electron chi connectivity index (χ1n) is 12.6. The molecule has 2 aromatic carbocycles. The first-order chi connectivity index (χ1) is 18.6. The van der Waals surface area contributed by atoms with Crippen LogP contribution in [0.5, 0.6) is 5.75 Å². The third-order valence-electron chi connectivity index (χ3n) is 6.38. The number of hydrogen-bond acceptors (Lipinski definition) is 8. The van der Waals surface area contributed by atoms with Crippen molar-refractivity contribution in [2.45, 2.75) is 52.5 Å². The summed E-state index contributed by atoms with van der Waals surface area (Å²) in [6.07, 6.45) is 2.65. The van der Waals surface area contributed by atoms with Crippen molar-refractivity contribution in [3.8, 4) is 5.75 Å². The number of phenols is 1. The minimum Gasteiger partial charge on any atom is -0.502 e. The van der Waals surface area contributed by atoms with Gasteiger partial charge in [-0.1, -0.05) is 78.7 Å². The highest BCUT2D eigenvalue weighted by molar-refractivity contribution is 9.10. The van der Waals surface area contributed by atoms with Crippen molar-refractivity contribution >= 4 is 45.0 Å². The number of thiazole rings is 1. The highest BCUT2D eigenvalue weighted by Gasteiger charge is 2.34. The molecule has 0 amide bonds. The van der Waals surface area contributed by atoms with Crippen LogP contribution in [0, 0.1) is 10.1 Å². The summed E-state index contributed by atoms with van der Waals surface area (Å²) in [6, 6.07) is 9.71. The number of nitro benzene ring substituents is 1. The van der Waals surface area contributed by atoms with Gasteiger partial charge in [0.15, 0.2) is 4.80 Å². The SMILES string of the molecule is CCCC1=C(C(=O)OCC)[C@@H](c2ccc(C(C)C)cc2)n2c(s/c(=C\c3cc(Br)cc([N+](=O)[O-])c3O)c2=O)=N1. The second-order valence-electron chi connectivity index (χ2n) is 9.35. The van der Waals surface area contributed by atoms with Crippen LogP contribution in [-0.2, 0) is 9.53 Å². The van der Waals surface area contributed by atoms with Gasteiger partial charge in [-0.2, -0.15) is 0 Å². The van der Waals surface area contributed by atoms with Gasteiger partial charge in [0.1, 0.15) is 0 Å². The molecular formula is C28H28BrN3O6S. The van der Waals surface area contributed by atoms with E-state index in [-0.39, 0.29) is 16.7 Å². The number of esters is 1. The summed E-state index contributed by atoms with van der Waals surface area (Å²) in [5.41, 5.74) is 1.92. The number of fused-ring (bicyclic) bond motifs is 1. The molecule has 0 saturated carbocycles. The number of aromatic nitrogens is 1. The van der Waals surface area contributed by atoms with Crippen LogP contribution in [0.2, 0.25) is 0 Å². The fourth-order valence-corrected chi connectivity index (χ4v) is 5.97. The zero-order valence-electron chi connectivity index (χ0n) is 21.9. The molecule has 0 bridgehead atoms.